The summed E-state index contributed by atoms with van der Waals surface area (Å²) in [6.07, 6.45) is 2.02. The van der Waals surface area contributed by atoms with Gasteiger partial charge in [0.05, 0.1) is 6.54 Å². The quantitative estimate of drug-likeness (QED) is 0.629. The largest absolute Gasteiger partial charge is 0.325 e. The smallest absolute Gasteiger partial charge is 0.237 e. The van der Waals surface area contributed by atoms with Crippen LogP contribution < -0.4 is 0 Å². The third-order valence-corrected chi connectivity index (χ3v) is 6.11. The van der Waals surface area contributed by atoms with Crippen LogP contribution in [0.15, 0.2) is 48.5 Å². The van der Waals surface area contributed by atoms with Crippen molar-refractivity contribution in [3.8, 4) is 0 Å². The molecule has 0 bridgehead atoms. The van der Waals surface area contributed by atoms with Gasteiger partial charge in [0.2, 0.25) is 5.91 Å². The van der Waals surface area contributed by atoms with Crippen LogP contribution >= 0.6 is 11.8 Å². The maximum atomic E-state index is 13.5. The van der Waals surface area contributed by atoms with Gasteiger partial charge < -0.3 is 4.90 Å². The Balaban J connectivity index is 1.68. The van der Waals surface area contributed by atoms with Crippen molar-refractivity contribution in [2.75, 3.05) is 25.4 Å². The number of thioether (sulfide) groups is 1. The summed E-state index contributed by atoms with van der Waals surface area (Å²) < 4.78 is 26.8. The Kier molecular flexibility index (Phi) is 7.45. The highest BCUT2D eigenvalue weighted by Crippen LogP contribution is 2.37. The lowest BCUT2D eigenvalue weighted by Crippen LogP contribution is -2.40. The summed E-state index contributed by atoms with van der Waals surface area (Å²) >= 11 is 1.70. The molecule has 1 saturated heterocycles. The minimum absolute atomic E-state index is 0.0619. The van der Waals surface area contributed by atoms with Crippen LogP contribution in [-0.2, 0) is 11.3 Å². The van der Waals surface area contributed by atoms with Gasteiger partial charge in [-0.2, -0.15) is 0 Å². The first-order valence-corrected chi connectivity index (χ1v) is 10.7. The third-order valence-electron chi connectivity index (χ3n) is 4.85. The van der Waals surface area contributed by atoms with Gasteiger partial charge in [0.15, 0.2) is 0 Å². The molecular formula is C22H26F2N2OS. The van der Waals surface area contributed by atoms with E-state index in [1.54, 1.807) is 30.0 Å². The molecule has 1 aliphatic heterocycles. The van der Waals surface area contributed by atoms with Crippen LogP contribution in [0.2, 0.25) is 0 Å². The highest BCUT2D eigenvalue weighted by molar-refractivity contribution is 7.99. The minimum Gasteiger partial charge on any atom is -0.325 e. The fourth-order valence-electron chi connectivity index (χ4n) is 3.40. The molecule has 1 fully saturated rings. The topological polar surface area (TPSA) is 23.6 Å². The van der Waals surface area contributed by atoms with Crippen LogP contribution in [-0.4, -0.2) is 41.1 Å². The highest BCUT2D eigenvalue weighted by Gasteiger charge is 2.31. The Bertz CT molecular complexity index is 784. The molecule has 1 amide bonds. The van der Waals surface area contributed by atoms with Crippen LogP contribution in [0.1, 0.15) is 36.3 Å². The van der Waals surface area contributed by atoms with E-state index in [4.69, 9.17) is 0 Å². The van der Waals surface area contributed by atoms with Gasteiger partial charge in [-0.05, 0) is 48.4 Å². The first-order chi connectivity index (χ1) is 13.6. The van der Waals surface area contributed by atoms with Crippen LogP contribution in [0.25, 0.3) is 0 Å². The molecule has 2 aromatic carbocycles. The number of hydrogen-bond donors (Lipinski definition) is 0. The number of carbonyl (C=O) groups is 1. The molecule has 0 saturated carbocycles. The normalized spacial score (nSPS) is 16.7. The van der Waals surface area contributed by atoms with E-state index in [1.165, 1.54) is 24.3 Å². The van der Waals surface area contributed by atoms with Crippen molar-refractivity contribution in [1.29, 1.82) is 0 Å². The Morgan fingerprint density at radius 1 is 1.18 bits per heavy atom. The monoisotopic (exact) mass is 404 g/mol. The molecule has 150 valence electrons. The molecule has 0 N–H and O–H groups in total. The van der Waals surface area contributed by atoms with Crippen molar-refractivity contribution in [2.45, 2.75) is 31.7 Å². The number of nitrogens with zero attached hydrogens (tertiary/aromatic N) is 2. The van der Waals surface area contributed by atoms with Gasteiger partial charge in [-0.25, -0.2) is 8.78 Å². The summed E-state index contributed by atoms with van der Waals surface area (Å²) in [5.41, 5.74) is 1.82. The first-order valence-electron chi connectivity index (χ1n) is 9.70. The minimum atomic E-state index is -0.273. The lowest BCUT2D eigenvalue weighted by Gasteiger charge is -2.28. The van der Waals surface area contributed by atoms with E-state index >= 15 is 0 Å². The number of amides is 1. The third kappa shape index (κ3) is 5.55. The second-order valence-corrected chi connectivity index (χ2v) is 8.24. The molecule has 0 spiro atoms. The highest BCUT2D eigenvalue weighted by atomic mass is 32.2. The predicted molar refractivity (Wildman–Crippen MR) is 110 cm³/mol. The van der Waals surface area contributed by atoms with E-state index < -0.39 is 0 Å². The van der Waals surface area contributed by atoms with Gasteiger partial charge in [-0.1, -0.05) is 37.6 Å². The molecule has 3 rings (SSSR count). The number of halogens is 2. The number of benzene rings is 2. The summed E-state index contributed by atoms with van der Waals surface area (Å²) in [4.78, 5) is 17.0. The van der Waals surface area contributed by atoms with E-state index in [2.05, 4.69) is 11.8 Å². The molecule has 2 aromatic rings. The Morgan fingerprint density at radius 2 is 1.96 bits per heavy atom. The number of carbonyl (C=O) groups excluding carboxylic acids is 1. The lowest BCUT2D eigenvalue weighted by atomic mass is 10.2. The van der Waals surface area contributed by atoms with Crippen molar-refractivity contribution in [2.24, 2.45) is 0 Å². The van der Waals surface area contributed by atoms with E-state index in [-0.39, 0.29) is 22.9 Å². The van der Waals surface area contributed by atoms with Crippen molar-refractivity contribution >= 4 is 17.7 Å². The fourth-order valence-corrected chi connectivity index (χ4v) is 4.68. The summed E-state index contributed by atoms with van der Waals surface area (Å²) in [5.74, 6) is 0.399. The zero-order chi connectivity index (χ0) is 19.9. The van der Waals surface area contributed by atoms with E-state index in [1.807, 2.05) is 11.0 Å². The van der Waals surface area contributed by atoms with Gasteiger partial charge in [0.1, 0.15) is 17.0 Å². The zero-order valence-electron chi connectivity index (χ0n) is 16.1. The zero-order valence-corrected chi connectivity index (χ0v) is 16.9. The maximum Gasteiger partial charge on any atom is 0.237 e. The number of rotatable bonds is 8. The van der Waals surface area contributed by atoms with Crippen LogP contribution in [0.3, 0.4) is 0 Å². The van der Waals surface area contributed by atoms with E-state index in [0.717, 1.165) is 36.3 Å². The predicted octanol–water partition coefficient (Wildman–Crippen LogP) is 4.84. The van der Waals surface area contributed by atoms with Crippen LogP contribution in [0.4, 0.5) is 8.78 Å². The Labute approximate surface area is 169 Å². The summed E-state index contributed by atoms with van der Waals surface area (Å²) in [5, 5.41) is -0.0738. The summed E-state index contributed by atoms with van der Waals surface area (Å²) in [6.45, 7) is 4.44. The van der Waals surface area contributed by atoms with Gasteiger partial charge in [0.25, 0.3) is 0 Å². The Morgan fingerprint density at radius 3 is 2.68 bits per heavy atom. The molecule has 3 nitrogen and oxygen atoms in total. The van der Waals surface area contributed by atoms with E-state index in [0.29, 0.717) is 19.6 Å². The second kappa shape index (κ2) is 10.0. The van der Waals surface area contributed by atoms with Crippen LogP contribution in [0, 0.1) is 11.6 Å². The average Bonchev–Trinajstić information content (AvgIpc) is 3.16. The van der Waals surface area contributed by atoms with Crippen molar-refractivity contribution < 1.29 is 13.6 Å². The van der Waals surface area contributed by atoms with Crippen molar-refractivity contribution in [1.82, 2.24) is 9.80 Å². The first kappa shape index (κ1) is 20.8. The molecular weight excluding hydrogens is 378 g/mol. The fraction of sp³-hybridized carbons (Fsp3) is 0.409. The molecule has 0 aromatic heterocycles. The Hall–Kier alpha value is -1.92. The molecule has 1 unspecified atom stereocenters. The standard InChI is InChI=1S/C22H26F2N2OS/c1-2-3-11-25(15-17-5-4-6-20(24)14-17)16-21(27)26-12-13-28-22(26)18-7-9-19(23)10-8-18/h4-10,14,22H,2-3,11-13,15-16H2,1H3. The SMILES string of the molecule is CCCCN(CC(=O)N1CCSC1c1ccc(F)cc1)Cc1cccc(F)c1. The van der Waals surface area contributed by atoms with Gasteiger partial charge in [-0.15, -0.1) is 11.8 Å². The van der Waals surface area contributed by atoms with Crippen molar-refractivity contribution in [3.05, 3.63) is 71.3 Å². The van der Waals surface area contributed by atoms with Gasteiger partial charge in [-0.3, -0.25) is 9.69 Å². The van der Waals surface area contributed by atoms with Gasteiger partial charge >= 0.3 is 0 Å². The molecule has 28 heavy (non-hydrogen) atoms. The molecule has 6 heteroatoms. The summed E-state index contributed by atoms with van der Waals surface area (Å²) in [7, 11) is 0. The number of unbranched alkanes of at least 4 members (excludes halogenated alkanes) is 1. The van der Waals surface area contributed by atoms with Crippen molar-refractivity contribution in [3.63, 3.8) is 0 Å². The molecule has 1 aliphatic rings. The lowest BCUT2D eigenvalue weighted by molar-refractivity contribution is -0.132. The summed E-state index contributed by atoms with van der Waals surface area (Å²) in [6, 6.07) is 12.9. The second-order valence-electron chi connectivity index (χ2n) is 7.06. The molecule has 0 radical (unpaired) electrons. The maximum absolute atomic E-state index is 13.5. The van der Waals surface area contributed by atoms with E-state index in [9.17, 15) is 13.6 Å². The average molecular weight is 405 g/mol. The molecule has 1 heterocycles. The molecule has 1 atom stereocenters. The van der Waals surface area contributed by atoms with Crippen LogP contribution in [0.5, 0.6) is 0 Å². The van der Waals surface area contributed by atoms with Gasteiger partial charge in [0, 0.05) is 18.8 Å². The molecule has 0 aliphatic carbocycles. The number of hydrogen-bond acceptors (Lipinski definition) is 3.